The number of allylic oxidation sites excluding steroid dienone is 7. The molecule has 0 rings (SSSR count). The van der Waals surface area contributed by atoms with Gasteiger partial charge in [-0.3, -0.25) is 4.79 Å². The highest BCUT2D eigenvalue weighted by Crippen LogP contribution is 2.01. The van der Waals surface area contributed by atoms with Crippen LogP contribution < -0.4 is 5.73 Å². The molecule has 0 heterocycles. The zero-order valence-corrected chi connectivity index (χ0v) is 13.2. The van der Waals surface area contributed by atoms with Gasteiger partial charge in [-0.2, -0.15) is 0 Å². The van der Waals surface area contributed by atoms with Crippen molar-refractivity contribution in [1.82, 2.24) is 0 Å². The van der Waals surface area contributed by atoms with E-state index in [4.69, 9.17) is 10.5 Å². The normalized spacial score (nSPS) is 11.4. The minimum atomic E-state index is -0.424. The summed E-state index contributed by atoms with van der Waals surface area (Å²) in [5.41, 5.74) is 7.16. The minimum Gasteiger partial charge on any atom is -0.460 e. The predicted octanol–water partition coefficient (Wildman–Crippen LogP) is 3.87. The average Bonchev–Trinajstić information content (AvgIpc) is 2.51. The molecule has 0 aromatic carbocycles. The zero-order chi connectivity index (χ0) is 16.5. The van der Waals surface area contributed by atoms with Crippen LogP contribution in [0.25, 0.3) is 0 Å². The fourth-order valence-electron chi connectivity index (χ4n) is 1.21. The molecule has 0 aliphatic rings. The number of esters is 1. The molecule has 0 spiro atoms. The lowest BCUT2D eigenvalue weighted by molar-refractivity contribution is -0.140. The van der Waals surface area contributed by atoms with Crippen molar-refractivity contribution in [3.05, 3.63) is 73.4 Å². The standard InChI is InChI=1S/C9H13NO2.C9H14/c1-3-5-8(4-2)7-12-9(11)6-10;1-4-7-9(6-3)8-5-2/h3-5H,1-2,6-7,10H2;4-5,7-8H,1,6H2,2-3H3/b8-5+;8-5-,9-7-. The number of ether oxygens (including phenoxy) is 1. The molecule has 3 heteroatoms. The molecule has 0 aliphatic carbocycles. The Hall–Kier alpha value is -2.13. The first-order chi connectivity index (χ1) is 10.1. The first-order valence-electron chi connectivity index (χ1n) is 6.83. The first kappa shape index (κ1) is 21.2. The Morgan fingerprint density at radius 3 is 2.10 bits per heavy atom. The second kappa shape index (κ2) is 15.9. The van der Waals surface area contributed by atoms with Crippen LogP contribution in [-0.4, -0.2) is 19.1 Å². The van der Waals surface area contributed by atoms with Gasteiger partial charge in [0.05, 0.1) is 6.54 Å². The van der Waals surface area contributed by atoms with Gasteiger partial charge in [-0.05, 0) is 24.5 Å². The Balaban J connectivity index is 0. The third-order valence-electron chi connectivity index (χ3n) is 2.28. The maximum atomic E-state index is 10.6. The van der Waals surface area contributed by atoms with E-state index in [1.165, 1.54) is 5.57 Å². The fraction of sp³-hybridized carbons (Fsp3) is 0.278. The fourth-order valence-corrected chi connectivity index (χ4v) is 1.21. The number of hydrogen-bond donors (Lipinski definition) is 1. The maximum absolute atomic E-state index is 10.6. The van der Waals surface area contributed by atoms with E-state index in [0.717, 1.165) is 12.0 Å². The Morgan fingerprint density at radius 1 is 1.14 bits per heavy atom. The molecule has 0 atom stereocenters. The molecular weight excluding hydrogens is 262 g/mol. The van der Waals surface area contributed by atoms with Crippen molar-refractivity contribution in [3.63, 3.8) is 0 Å². The van der Waals surface area contributed by atoms with Crippen LogP contribution in [-0.2, 0) is 9.53 Å². The van der Waals surface area contributed by atoms with Crippen molar-refractivity contribution in [2.24, 2.45) is 5.73 Å². The van der Waals surface area contributed by atoms with Crippen molar-refractivity contribution in [2.45, 2.75) is 20.3 Å². The van der Waals surface area contributed by atoms with Gasteiger partial charge in [0.25, 0.3) is 0 Å². The molecule has 0 bridgehead atoms. The van der Waals surface area contributed by atoms with Crippen molar-refractivity contribution in [1.29, 1.82) is 0 Å². The molecule has 3 nitrogen and oxygen atoms in total. The average molecular weight is 289 g/mol. The topological polar surface area (TPSA) is 52.3 Å². The molecule has 0 aromatic rings. The predicted molar refractivity (Wildman–Crippen MR) is 91.9 cm³/mol. The van der Waals surface area contributed by atoms with Gasteiger partial charge in [-0.1, -0.05) is 69.2 Å². The van der Waals surface area contributed by atoms with Gasteiger partial charge >= 0.3 is 5.97 Å². The third-order valence-corrected chi connectivity index (χ3v) is 2.28. The van der Waals surface area contributed by atoms with E-state index >= 15 is 0 Å². The van der Waals surface area contributed by atoms with Crippen LogP contribution in [0.1, 0.15) is 20.3 Å². The van der Waals surface area contributed by atoms with Crippen molar-refractivity contribution in [3.8, 4) is 0 Å². The molecule has 0 amide bonds. The Morgan fingerprint density at radius 2 is 1.71 bits per heavy atom. The van der Waals surface area contributed by atoms with Crippen LogP contribution in [0.4, 0.5) is 0 Å². The van der Waals surface area contributed by atoms with E-state index < -0.39 is 5.97 Å². The van der Waals surface area contributed by atoms with Gasteiger partial charge in [0.15, 0.2) is 0 Å². The van der Waals surface area contributed by atoms with E-state index in [0.29, 0.717) is 0 Å². The second-order valence-corrected chi connectivity index (χ2v) is 3.88. The molecular formula is C18H27NO2. The van der Waals surface area contributed by atoms with E-state index in [2.05, 4.69) is 32.7 Å². The van der Waals surface area contributed by atoms with Crippen LogP contribution in [0.15, 0.2) is 73.4 Å². The largest absolute Gasteiger partial charge is 0.460 e. The molecule has 0 aliphatic heterocycles. The minimum absolute atomic E-state index is 0.0987. The SMILES string of the molecule is C=C/C=C(\C=C)COC(=O)CN.C=C/C=C(\C=C/C)CC. The summed E-state index contributed by atoms with van der Waals surface area (Å²) in [7, 11) is 0. The van der Waals surface area contributed by atoms with Crippen LogP contribution in [0.3, 0.4) is 0 Å². The highest BCUT2D eigenvalue weighted by atomic mass is 16.5. The lowest BCUT2D eigenvalue weighted by atomic mass is 10.2. The van der Waals surface area contributed by atoms with Gasteiger partial charge < -0.3 is 10.5 Å². The van der Waals surface area contributed by atoms with Gasteiger partial charge in [0, 0.05) is 0 Å². The van der Waals surface area contributed by atoms with Crippen molar-refractivity contribution >= 4 is 5.97 Å². The van der Waals surface area contributed by atoms with Crippen molar-refractivity contribution < 1.29 is 9.53 Å². The summed E-state index contributed by atoms with van der Waals surface area (Å²) < 4.78 is 4.75. The summed E-state index contributed by atoms with van der Waals surface area (Å²) in [5.74, 6) is -0.424. The maximum Gasteiger partial charge on any atom is 0.320 e. The quantitative estimate of drug-likeness (QED) is 0.545. The number of hydrogen-bond acceptors (Lipinski definition) is 3. The zero-order valence-electron chi connectivity index (χ0n) is 13.2. The van der Waals surface area contributed by atoms with Crippen LogP contribution in [0, 0.1) is 0 Å². The Bertz CT molecular complexity index is 415. The Labute approximate surface area is 128 Å². The Kier molecular flexibility index (Phi) is 16.1. The number of nitrogens with two attached hydrogens (primary N) is 1. The molecule has 21 heavy (non-hydrogen) atoms. The molecule has 0 saturated heterocycles. The summed E-state index contributed by atoms with van der Waals surface area (Å²) in [6.45, 7) is 14.9. The summed E-state index contributed by atoms with van der Waals surface area (Å²) >= 11 is 0. The van der Waals surface area contributed by atoms with Crippen LogP contribution in [0.2, 0.25) is 0 Å². The summed E-state index contributed by atoms with van der Waals surface area (Å²) in [6.07, 6.45) is 14.0. The van der Waals surface area contributed by atoms with Crippen LogP contribution in [0.5, 0.6) is 0 Å². The van der Waals surface area contributed by atoms with Gasteiger partial charge in [-0.15, -0.1) is 0 Å². The number of rotatable bonds is 8. The second-order valence-electron chi connectivity index (χ2n) is 3.88. The van der Waals surface area contributed by atoms with E-state index in [1.807, 2.05) is 25.2 Å². The smallest absolute Gasteiger partial charge is 0.320 e. The highest BCUT2D eigenvalue weighted by Gasteiger charge is 1.98. The molecule has 0 aromatic heterocycles. The first-order valence-corrected chi connectivity index (χ1v) is 6.83. The van der Waals surface area contributed by atoms with E-state index in [1.54, 1.807) is 18.2 Å². The molecule has 0 fully saturated rings. The molecule has 0 saturated carbocycles. The van der Waals surface area contributed by atoms with Gasteiger partial charge in [0.2, 0.25) is 0 Å². The molecule has 2 N–H and O–H groups in total. The number of carbonyl (C=O) groups is 1. The van der Waals surface area contributed by atoms with Gasteiger partial charge in [-0.25, -0.2) is 0 Å². The number of carbonyl (C=O) groups excluding carboxylic acids is 1. The van der Waals surface area contributed by atoms with E-state index in [9.17, 15) is 4.79 Å². The lowest BCUT2D eigenvalue weighted by Crippen LogP contribution is -2.17. The summed E-state index contributed by atoms with van der Waals surface area (Å²) in [4.78, 5) is 10.6. The monoisotopic (exact) mass is 289 g/mol. The van der Waals surface area contributed by atoms with E-state index in [-0.39, 0.29) is 13.2 Å². The summed E-state index contributed by atoms with van der Waals surface area (Å²) in [5, 5.41) is 0. The molecule has 0 radical (unpaired) electrons. The molecule has 0 unspecified atom stereocenters. The third kappa shape index (κ3) is 14.1. The van der Waals surface area contributed by atoms with Gasteiger partial charge in [0.1, 0.15) is 6.61 Å². The molecule has 116 valence electrons. The van der Waals surface area contributed by atoms with Crippen LogP contribution >= 0.6 is 0 Å². The van der Waals surface area contributed by atoms with Crippen molar-refractivity contribution in [2.75, 3.05) is 13.2 Å². The highest BCUT2D eigenvalue weighted by molar-refractivity contribution is 5.71. The lowest BCUT2D eigenvalue weighted by Gasteiger charge is -2.02. The summed E-state index contributed by atoms with van der Waals surface area (Å²) in [6, 6.07) is 0.